The summed E-state index contributed by atoms with van der Waals surface area (Å²) in [6.45, 7) is 2.74. The highest BCUT2D eigenvalue weighted by molar-refractivity contribution is 5.80. The minimum atomic E-state index is -1.68. The number of aliphatic hydroxyl groups is 1. The van der Waals surface area contributed by atoms with Gasteiger partial charge >= 0.3 is 5.97 Å². The molecule has 0 unspecified atom stereocenters. The standard InChI is InChI=1S/C18H25NO4/c1-2-3-4-14-5-7-15(8-6-14)13-16(20)19-11-9-18(23,10-12-19)17(21)22/h5-8,23H,2-4,9-13H2,1H3,(H,21,22). The molecule has 1 aromatic rings. The Morgan fingerprint density at radius 2 is 1.70 bits per heavy atom. The molecule has 1 amide bonds. The summed E-state index contributed by atoms with van der Waals surface area (Å²) in [6, 6.07) is 8.11. The summed E-state index contributed by atoms with van der Waals surface area (Å²) in [5, 5.41) is 18.9. The number of rotatable bonds is 6. The van der Waals surface area contributed by atoms with Crippen LogP contribution in [0.3, 0.4) is 0 Å². The van der Waals surface area contributed by atoms with E-state index in [0.29, 0.717) is 6.42 Å². The molecule has 126 valence electrons. The van der Waals surface area contributed by atoms with Gasteiger partial charge in [0.25, 0.3) is 0 Å². The zero-order valence-electron chi connectivity index (χ0n) is 13.6. The number of carbonyl (C=O) groups excluding carboxylic acids is 1. The van der Waals surface area contributed by atoms with Gasteiger partial charge in [-0.05, 0) is 24.0 Å². The van der Waals surface area contributed by atoms with E-state index in [0.717, 1.165) is 18.4 Å². The van der Waals surface area contributed by atoms with Crippen LogP contribution in [0.5, 0.6) is 0 Å². The van der Waals surface area contributed by atoms with E-state index in [1.54, 1.807) is 4.90 Å². The van der Waals surface area contributed by atoms with Crippen LogP contribution in [-0.4, -0.2) is 45.7 Å². The molecule has 1 aromatic carbocycles. The normalized spacial score (nSPS) is 17.0. The third kappa shape index (κ3) is 4.55. The summed E-state index contributed by atoms with van der Waals surface area (Å²) in [5.41, 5.74) is 0.569. The number of carbonyl (C=O) groups is 2. The molecule has 1 aliphatic rings. The Labute approximate surface area is 136 Å². The Morgan fingerprint density at radius 3 is 2.22 bits per heavy atom. The quantitative estimate of drug-likeness (QED) is 0.841. The van der Waals surface area contributed by atoms with Gasteiger partial charge in [0.2, 0.25) is 5.91 Å². The molecule has 2 rings (SSSR count). The zero-order valence-corrected chi connectivity index (χ0v) is 13.6. The van der Waals surface area contributed by atoms with Crippen LogP contribution in [0.4, 0.5) is 0 Å². The van der Waals surface area contributed by atoms with Crippen LogP contribution in [-0.2, 0) is 22.4 Å². The van der Waals surface area contributed by atoms with Gasteiger partial charge in [-0.15, -0.1) is 0 Å². The molecule has 0 atom stereocenters. The molecule has 2 N–H and O–H groups in total. The summed E-state index contributed by atoms with van der Waals surface area (Å²) >= 11 is 0. The summed E-state index contributed by atoms with van der Waals surface area (Å²) in [4.78, 5) is 24.9. The predicted molar refractivity (Wildman–Crippen MR) is 87.2 cm³/mol. The van der Waals surface area contributed by atoms with Crippen LogP contribution >= 0.6 is 0 Å². The SMILES string of the molecule is CCCCc1ccc(CC(=O)N2CCC(O)(C(=O)O)CC2)cc1. The van der Waals surface area contributed by atoms with Crippen molar-refractivity contribution in [2.75, 3.05) is 13.1 Å². The molecular weight excluding hydrogens is 294 g/mol. The van der Waals surface area contributed by atoms with Gasteiger partial charge in [-0.25, -0.2) is 4.79 Å². The first-order valence-electron chi connectivity index (χ1n) is 8.26. The summed E-state index contributed by atoms with van der Waals surface area (Å²) in [6.07, 6.45) is 3.88. The molecule has 1 heterocycles. The van der Waals surface area contributed by atoms with Crippen molar-refractivity contribution < 1.29 is 19.8 Å². The van der Waals surface area contributed by atoms with Gasteiger partial charge in [0, 0.05) is 25.9 Å². The topological polar surface area (TPSA) is 77.8 Å². The van der Waals surface area contributed by atoms with Crippen molar-refractivity contribution >= 4 is 11.9 Å². The molecule has 5 heteroatoms. The average Bonchev–Trinajstić information content (AvgIpc) is 2.54. The highest BCUT2D eigenvalue weighted by atomic mass is 16.4. The molecule has 1 saturated heterocycles. The molecule has 0 aliphatic carbocycles. The maximum Gasteiger partial charge on any atom is 0.335 e. The van der Waals surface area contributed by atoms with Crippen LogP contribution in [0.2, 0.25) is 0 Å². The van der Waals surface area contributed by atoms with Crippen LogP contribution in [0.1, 0.15) is 43.7 Å². The van der Waals surface area contributed by atoms with E-state index in [1.807, 2.05) is 12.1 Å². The molecule has 0 spiro atoms. The molecule has 0 aromatic heterocycles. The molecule has 1 aliphatic heterocycles. The highest BCUT2D eigenvalue weighted by Gasteiger charge is 2.40. The number of aryl methyl sites for hydroxylation is 1. The third-order valence-electron chi connectivity index (χ3n) is 4.54. The van der Waals surface area contributed by atoms with E-state index >= 15 is 0 Å². The van der Waals surface area contributed by atoms with E-state index in [9.17, 15) is 14.7 Å². The number of carboxylic acids is 1. The van der Waals surface area contributed by atoms with Gasteiger partial charge in [0.1, 0.15) is 0 Å². The van der Waals surface area contributed by atoms with Gasteiger partial charge in [0.05, 0.1) is 6.42 Å². The van der Waals surface area contributed by atoms with E-state index < -0.39 is 11.6 Å². The fraction of sp³-hybridized carbons (Fsp3) is 0.556. The number of benzene rings is 1. The van der Waals surface area contributed by atoms with Crippen molar-refractivity contribution in [2.45, 2.75) is 51.0 Å². The maximum atomic E-state index is 12.3. The van der Waals surface area contributed by atoms with Gasteiger partial charge in [-0.3, -0.25) is 4.79 Å². The van der Waals surface area contributed by atoms with Crippen LogP contribution in [0, 0.1) is 0 Å². The fourth-order valence-electron chi connectivity index (χ4n) is 2.83. The van der Waals surface area contributed by atoms with Crippen LogP contribution in [0.15, 0.2) is 24.3 Å². The lowest BCUT2D eigenvalue weighted by Crippen LogP contribution is -2.51. The summed E-state index contributed by atoms with van der Waals surface area (Å²) < 4.78 is 0. The second kappa shape index (κ2) is 7.59. The second-order valence-electron chi connectivity index (χ2n) is 6.31. The fourth-order valence-corrected chi connectivity index (χ4v) is 2.83. The number of carboxylic acid groups (broad SMARTS) is 1. The lowest BCUT2D eigenvalue weighted by Gasteiger charge is -2.35. The number of likely N-dealkylation sites (tertiary alicyclic amines) is 1. The van der Waals surface area contributed by atoms with E-state index in [1.165, 1.54) is 12.0 Å². The smallest absolute Gasteiger partial charge is 0.335 e. The minimum Gasteiger partial charge on any atom is -0.479 e. The van der Waals surface area contributed by atoms with Crippen LogP contribution in [0.25, 0.3) is 0 Å². The number of nitrogens with zero attached hydrogens (tertiary/aromatic N) is 1. The van der Waals surface area contributed by atoms with E-state index in [2.05, 4.69) is 19.1 Å². The summed E-state index contributed by atoms with van der Waals surface area (Å²) in [7, 11) is 0. The first kappa shape index (κ1) is 17.5. The van der Waals surface area contributed by atoms with Gasteiger partial charge in [-0.2, -0.15) is 0 Å². The minimum absolute atomic E-state index is 0.0150. The Bertz CT molecular complexity index is 545. The monoisotopic (exact) mass is 319 g/mol. The molecule has 0 bridgehead atoms. The van der Waals surface area contributed by atoms with Gasteiger partial charge < -0.3 is 15.1 Å². The Morgan fingerprint density at radius 1 is 1.13 bits per heavy atom. The number of unbranched alkanes of at least 4 members (excludes halogenated alkanes) is 1. The van der Waals surface area contributed by atoms with E-state index in [-0.39, 0.29) is 31.8 Å². The Balaban J connectivity index is 1.86. The average molecular weight is 319 g/mol. The molecule has 5 nitrogen and oxygen atoms in total. The van der Waals surface area contributed by atoms with Crippen molar-refractivity contribution in [3.63, 3.8) is 0 Å². The number of piperidine rings is 1. The predicted octanol–water partition coefficient (Wildman–Crippen LogP) is 2.01. The largest absolute Gasteiger partial charge is 0.479 e. The van der Waals surface area contributed by atoms with Crippen molar-refractivity contribution in [3.05, 3.63) is 35.4 Å². The lowest BCUT2D eigenvalue weighted by atomic mass is 9.91. The van der Waals surface area contributed by atoms with Crippen molar-refractivity contribution in [3.8, 4) is 0 Å². The molecule has 0 radical (unpaired) electrons. The number of aliphatic carboxylic acids is 1. The number of amides is 1. The number of hydrogen-bond acceptors (Lipinski definition) is 3. The second-order valence-corrected chi connectivity index (χ2v) is 6.31. The number of hydrogen-bond donors (Lipinski definition) is 2. The highest BCUT2D eigenvalue weighted by Crippen LogP contribution is 2.23. The molecule has 0 saturated carbocycles. The van der Waals surface area contributed by atoms with E-state index in [4.69, 9.17) is 5.11 Å². The van der Waals surface area contributed by atoms with Crippen molar-refractivity contribution in [2.24, 2.45) is 0 Å². The van der Waals surface area contributed by atoms with Crippen LogP contribution < -0.4 is 0 Å². The maximum absolute atomic E-state index is 12.3. The van der Waals surface area contributed by atoms with Crippen molar-refractivity contribution in [1.82, 2.24) is 4.90 Å². The Kier molecular flexibility index (Phi) is 5.77. The summed E-state index contributed by atoms with van der Waals surface area (Å²) in [5.74, 6) is -1.22. The zero-order chi connectivity index (χ0) is 16.9. The first-order valence-corrected chi connectivity index (χ1v) is 8.26. The molecule has 23 heavy (non-hydrogen) atoms. The first-order chi connectivity index (χ1) is 10.9. The van der Waals surface area contributed by atoms with Crippen molar-refractivity contribution in [1.29, 1.82) is 0 Å². The molecule has 1 fully saturated rings. The lowest BCUT2D eigenvalue weighted by molar-refractivity contribution is -0.165. The third-order valence-corrected chi connectivity index (χ3v) is 4.54. The Hall–Kier alpha value is -1.88. The molecular formula is C18H25NO4. The van der Waals surface area contributed by atoms with Gasteiger partial charge in [0.15, 0.2) is 5.60 Å². The van der Waals surface area contributed by atoms with Gasteiger partial charge in [-0.1, -0.05) is 37.6 Å².